The fourth-order valence-corrected chi connectivity index (χ4v) is 5.13. The number of fused-ring (bicyclic) bond motifs is 1. The molecule has 0 fully saturated rings. The second-order valence-electron chi connectivity index (χ2n) is 10.1. The number of ketones is 1. The van der Waals surface area contributed by atoms with Crippen LogP contribution in [0.15, 0.2) is 72.8 Å². The number of benzene rings is 3. The van der Waals surface area contributed by atoms with E-state index in [0.29, 0.717) is 11.6 Å². The first-order valence-electron chi connectivity index (χ1n) is 13.6. The molecule has 226 valence electrons. The number of Topliss-reactive ketones (excluding diaryl/α,β-unsaturated/α-hetero) is 1. The lowest BCUT2D eigenvalue weighted by Crippen LogP contribution is -2.56. The maximum Gasteiger partial charge on any atom is 0.417 e. The van der Waals surface area contributed by atoms with Gasteiger partial charge >= 0.3 is 6.18 Å². The molecule has 43 heavy (non-hydrogen) atoms. The van der Waals surface area contributed by atoms with Crippen LogP contribution in [0.1, 0.15) is 46.3 Å². The molecule has 0 aromatic heterocycles. The van der Waals surface area contributed by atoms with Crippen LogP contribution in [-0.4, -0.2) is 47.0 Å². The number of alkyl halides is 3. The molecule has 1 aliphatic heterocycles. The Balaban J connectivity index is 1.50. The second kappa shape index (κ2) is 13.8. The summed E-state index contributed by atoms with van der Waals surface area (Å²) >= 11 is 5.67. The molecule has 0 bridgehead atoms. The van der Waals surface area contributed by atoms with Gasteiger partial charge in [0.2, 0.25) is 17.7 Å². The van der Waals surface area contributed by atoms with Gasteiger partial charge in [-0.1, -0.05) is 66.2 Å². The molecular weight excluding hydrogens is 585 g/mol. The van der Waals surface area contributed by atoms with Crippen LogP contribution in [-0.2, 0) is 33.5 Å². The molecule has 0 spiro atoms. The molecule has 0 saturated heterocycles. The van der Waals surface area contributed by atoms with E-state index in [4.69, 9.17) is 17.3 Å². The monoisotopic (exact) mass is 614 g/mol. The number of hydrogen-bond donors (Lipinski definition) is 3. The van der Waals surface area contributed by atoms with Gasteiger partial charge in [0.25, 0.3) is 0 Å². The fraction of sp³-hybridized carbons (Fsp3) is 0.290. The summed E-state index contributed by atoms with van der Waals surface area (Å²) in [5.74, 6) is -2.02. The quantitative estimate of drug-likeness (QED) is 0.285. The van der Waals surface area contributed by atoms with Gasteiger partial charge in [-0.15, -0.1) is 0 Å². The van der Waals surface area contributed by atoms with Crippen LogP contribution in [0.4, 0.5) is 18.9 Å². The number of amides is 3. The third-order valence-corrected chi connectivity index (χ3v) is 7.49. The molecule has 4 rings (SSSR count). The minimum Gasteiger partial charge on any atom is -0.342 e. The number of carbonyl (C=O) groups is 4. The average molecular weight is 615 g/mol. The number of nitrogens with one attached hydrogen (secondary N) is 2. The molecule has 3 amide bonds. The van der Waals surface area contributed by atoms with Gasteiger partial charge in [-0.25, -0.2) is 0 Å². The van der Waals surface area contributed by atoms with Crippen LogP contribution < -0.4 is 16.4 Å². The van der Waals surface area contributed by atoms with Crippen molar-refractivity contribution in [3.05, 3.63) is 100 Å². The Labute approximate surface area is 251 Å². The molecule has 0 aliphatic carbocycles. The van der Waals surface area contributed by atoms with Crippen LogP contribution in [0, 0.1) is 0 Å². The van der Waals surface area contributed by atoms with Crippen molar-refractivity contribution in [2.45, 2.75) is 50.5 Å². The number of nitrogens with zero attached hydrogens (tertiary/aromatic N) is 1. The maximum atomic E-state index is 13.6. The summed E-state index contributed by atoms with van der Waals surface area (Å²) in [6, 6.07) is 16.6. The molecule has 1 heterocycles. The molecule has 1 aliphatic rings. The Bertz CT molecular complexity index is 1500. The molecule has 0 saturated carbocycles. The number of rotatable bonds is 10. The first kappa shape index (κ1) is 31.7. The highest BCUT2D eigenvalue weighted by Gasteiger charge is 2.37. The molecule has 4 N–H and O–H groups in total. The van der Waals surface area contributed by atoms with Crippen LogP contribution >= 0.6 is 11.6 Å². The van der Waals surface area contributed by atoms with E-state index in [-0.39, 0.29) is 50.2 Å². The van der Waals surface area contributed by atoms with Crippen molar-refractivity contribution in [1.29, 1.82) is 0 Å². The minimum absolute atomic E-state index is 0.00940. The minimum atomic E-state index is -4.73. The summed E-state index contributed by atoms with van der Waals surface area (Å²) in [5, 5.41) is 4.49. The van der Waals surface area contributed by atoms with Gasteiger partial charge in [0.05, 0.1) is 10.6 Å². The molecule has 3 aromatic rings. The predicted molar refractivity (Wildman–Crippen MR) is 155 cm³/mol. The Hall–Kier alpha value is -4.22. The highest BCUT2D eigenvalue weighted by molar-refractivity contribution is 6.31. The normalized spacial score (nSPS) is 15.3. The standard InChI is InChI=1S/C31H30ClF3N4O4/c32-24-11-10-22(17-23(24)31(33,34)35)37-29(42)25(14-15-36)38-30(43)26-16-20-8-4-5-9-21(20)18-39(26)28(41)13-12-27(40)19-6-2-1-3-7-19/h1-11,17,25-26H,12-16,18,36H2,(H,37,42)(H,38,43)/t25-,26-/m0/s1. The zero-order chi connectivity index (χ0) is 31.1. The van der Waals surface area contributed by atoms with E-state index in [1.165, 1.54) is 11.0 Å². The number of halogens is 4. The molecule has 2 atom stereocenters. The Kier molecular flexibility index (Phi) is 10.2. The van der Waals surface area contributed by atoms with E-state index in [0.717, 1.165) is 17.2 Å². The number of carbonyl (C=O) groups excluding carboxylic acids is 4. The van der Waals surface area contributed by atoms with Crippen molar-refractivity contribution in [3.63, 3.8) is 0 Å². The smallest absolute Gasteiger partial charge is 0.342 e. The van der Waals surface area contributed by atoms with Crippen molar-refractivity contribution in [1.82, 2.24) is 10.2 Å². The lowest BCUT2D eigenvalue weighted by atomic mass is 9.92. The van der Waals surface area contributed by atoms with Crippen LogP contribution in [0.2, 0.25) is 5.02 Å². The SMILES string of the molecule is NCC[C@H](NC(=O)[C@@H]1Cc2ccccc2CN1C(=O)CCC(=O)c1ccccc1)C(=O)Nc1ccc(Cl)c(C(F)(F)F)c1. The summed E-state index contributed by atoms with van der Waals surface area (Å²) in [6.45, 7) is 0.121. The predicted octanol–water partition coefficient (Wildman–Crippen LogP) is 4.75. The largest absolute Gasteiger partial charge is 0.417 e. The van der Waals surface area contributed by atoms with Crippen molar-refractivity contribution in [2.24, 2.45) is 5.73 Å². The summed E-state index contributed by atoms with van der Waals surface area (Å²) < 4.78 is 39.9. The molecule has 8 nitrogen and oxygen atoms in total. The first-order valence-corrected chi connectivity index (χ1v) is 14.0. The zero-order valence-corrected chi connectivity index (χ0v) is 23.8. The third kappa shape index (κ3) is 7.99. The van der Waals surface area contributed by atoms with Crippen LogP contribution in [0.25, 0.3) is 0 Å². The topological polar surface area (TPSA) is 122 Å². The molecule has 3 aromatic carbocycles. The Morgan fingerprint density at radius 2 is 1.63 bits per heavy atom. The van der Waals surface area contributed by atoms with Crippen molar-refractivity contribution in [2.75, 3.05) is 11.9 Å². The van der Waals surface area contributed by atoms with Crippen LogP contribution in [0.5, 0.6) is 0 Å². The van der Waals surface area contributed by atoms with E-state index in [9.17, 15) is 32.3 Å². The number of nitrogens with two attached hydrogens (primary N) is 1. The van der Waals surface area contributed by atoms with Gasteiger partial charge in [0.1, 0.15) is 12.1 Å². The first-order chi connectivity index (χ1) is 20.5. The Morgan fingerprint density at radius 3 is 2.30 bits per heavy atom. The maximum absolute atomic E-state index is 13.6. The molecule has 0 unspecified atom stereocenters. The highest BCUT2D eigenvalue weighted by Crippen LogP contribution is 2.36. The Morgan fingerprint density at radius 1 is 0.953 bits per heavy atom. The molecule has 0 radical (unpaired) electrons. The summed E-state index contributed by atoms with van der Waals surface area (Å²) in [7, 11) is 0. The van der Waals surface area contributed by atoms with E-state index in [1.807, 2.05) is 24.3 Å². The van der Waals surface area contributed by atoms with E-state index in [1.54, 1.807) is 30.3 Å². The number of hydrogen-bond acceptors (Lipinski definition) is 5. The van der Waals surface area contributed by atoms with E-state index in [2.05, 4.69) is 10.6 Å². The van der Waals surface area contributed by atoms with Gasteiger partial charge < -0.3 is 21.3 Å². The van der Waals surface area contributed by atoms with E-state index >= 15 is 0 Å². The fourth-order valence-electron chi connectivity index (χ4n) is 4.90. The van der Waals surface area contributed by atoms with Crippen molar-refractivity contribution < 1.29 is 32.3 Å². The van der Waals surface area contributed by atoms with Gasteiger partial charge in [0.15, 0.2) is 5.78 Å². The summed E-state index contributed by atoms with van der Waals surface area (Å²) in [6.07, 6.45) is -4.75. The van der Waals surface area contributed by atoms with Crippen LogP contribution in [0.3, 0.4) is 0 Å². The lowest BCUT2D eigenvalue weighted by Gasteiger charge is -2.36. The third-order valence-electron chi connectivity index (χ3n) is 7.16. The molecule has 12 heteroatoms. The summed E-state index contributed by atoms with van der Waals surface area (Å²) in [5.41, 5.74) is 6.58. The van der Waals surface area contributed by atoms with Gasteiger partial charge in [-0.2, -0.15) is 13.2 Å². The van der Waals surface area contributed by atoms with Crippen molar-refractivity contribution >= 4 is 40.8 Å². The van der Waals surface area contributed by atoms with Gasteiger partial charge in [-0.05, 0) is 42.3 Å². The van der Waals surface area contributed by atoms with E-state index < -0.39 is 46.6 Å². The zero-order valence-electron chi connectivity index (χ0n) is 23.0. The lowest BCUT2D eigenvalue weighted by molar-refractivity contribution is -0.142. The summed E-state index contributed by atoms with van der Waals surface area (Å²) in [4.78, 5) is 54.0. The molecular formula is C31H30ClF3N4O4. The van der Waals surface area contributed by atoms with Gasteiger partial charge in [0, 0.05) is 37.1 Å². The number of anilines is 1. The second-order valence-corrected chi connectivity index (χ2v) is 10.5. The highest BCUT2D eigenvalue weighted by atomic mass is 35.5. The average Bonchev–Trinajstić information content (AvgIpc) is 2.99. The van der Waals surface area contributed by atoms with Gasteiger partial charge in [-0.3, -0.25) is 19.2 Å². The van der Waals surface area contributed by atoms with Crippen molar-refractivity contribution in [3.8, 4) is 0 Å².